The van der Waals surface area contributed by atoms with Crippen LogP contribution >= 0.6 is 0 Å². The predicted octanol–water partition coefficient (Wildman–Crippen LogP) is 2.72. The average molecular weight is 329 g/mol. The third-order valence-corrected chi connectivity index (χ3v) is 4.09. The molecule has 128 valence electrons. The summed E-state index contributed by atoms with van der Waals surface area (Å²) in [7, 11) is 1.84. The number of nitrogens with one attached hydrogen (secondary N) is 1. The van der Waals surface area contributed by atoms with E-state index in [1.54, 1.807) is 4.68 Å². The van der Waals surface area contributed by atoms with E-state index in [0.717, 1.165) is 30.9 Å². The summed E-state index contributed by atoms with van der Waals surface area (Å²) < 4.78 is 12.8. The van der Waals surface area contributed by atoms with Gasteiger partial charge in [0.2, 0.25) is 5.91 Å². The van der Waals surface area contributed by atoms with Crippen LogP contribution in [0.25, 0.3) is 0 Å². The lowest BCUT2D eigenvalue weighted by Gasteiger charge is -2.19. The number of aromatic nitrogens is 2. The van der Waals surface area contributed by atoms with Crippen molar-refractivity contribution in [3.8, 4) is 5.75 Å². The summed E-state index contributed by atoms with van der Waals surface area (Å²) in [5, 5.41) is 7.40. The van der Waals surface area contributed by atoms with Gasteiger partial charge in [0.25, 0.3) is 0 Å². The number of nitrogens with zero attached hydrogens (tertiary/aromatic N) is 2. The highest BCUT2D eigenvalue weighted by Gasteiger charge is 2.20. The molecular formula is C18H23N3O3. The van der Waals surface area contributed by atoms with Crippen molar-refractivity contribution >= 4 is 11.7 Å². The number of carbonyl (C=O) groups excluding carboxylic acids is 1. The first-order valence-corrected chi connectivity index (χ1v) is 8.32. The maximum absolute atomic E-state index is 12.1. The first-order valence-electron chi connectivity index (χ1n) is 8.32. The van der Waals surface area contributed by atoms with Crippen molar-refractivity contribution in [1.82, 2.24) is 9.78 Å². The van der Waals surface area contributed by atoms with Crippen LogP contribution in [0, 0.1) is 0 Å². The molecule has 24 heavy (non-hydrogen) atoms. The number of ether oxygens (including phenoxy) is 2. The van der Waals surface area contributed by atoms with Gasteiger partial charge < -0.3 is 14.8 Å². The van der Waals surface area contributed by atoms with Crippen LogP contribution in [0.15, 0.2) is 36.4 Å². The Labute approximate surface area is 141 Å². The third-order valence-electron chi connectivity index (χ3n) is 4.09. The van der Waals surface area contributed by atoms with Crippen LogP contribution in [-0.4, -0.2) is 35.5 Å². The summed E-state index contributed by atoms with van der Waals surface area (Å²) in [5.41, 5.74) is 0.980. The summed E-state index contributed by atoms with van der Waals surface area (Å²) >= 11 is 0. The molecule has 0 saturated carbocycles. The quantitative estimate of drug-likeness (QED) is 0.885. The van der Waals surface area contributed by atoms with Crippen molar-refractivity contribution in [2.24, 2.45) is 7.05 Å². The molecule has 1 aliphatic rings. The fourth-order valence-electron chi connectivity index (χ4n) is 2.76. The first kappa shape index (κ1) is 16.5. The molecule has 1 unspecified atom stereocenters. The van der Waals surface area contributed by atoms with Gasteiger partial charge in [-0.05, 0) is 25.0 Å². The largest absolute Gasteiger partial charge is 0.493 e. The SMILES string of the molecule is Cn1nc(C2CCCOC2)cc1NC(=O)CCOc1ccccc1. The van der Waals surface area contributed by atoms with E-state index in [4.69, 9.17) is 9.47 Å². The fourth-order valence-corrected chi connectivity index (χ4v) is 2.76. The van der Waals surface area contributed by atoms with Crippen LogP contribution in [0.4, 0.5) is 5.82 Å². The molecule has 0 bridgehead atoms. The molecule has 2 aromatic rings. The number of para-hydroxylation sites is 1. The molecule has 3 rings (SSSR count). The number of aryl methyl sites for hydroxylation is 1. The van der Waals surface area contributed by atoms with Crippen LogP contribution in [0.5, 0.6) is 5.75 Å². The minimum Gasteiger partial charge on any atom is -0.493 e. The number of anilines is 1. The van der Waals surface area contributed by atoms with Gasteiger partial charge in [-0.2, -0.15) is 5.10 Å². The smallest absolute Gasteiger partial charge is 0.228 e. The van der Waals surface area contributed by atoms with Crippen molar-refractivity contribution in [3.05, 3.63) is 42.1 Å². The van der Waals surface area contributed by atoms with Crippen molar-refractivity contribution in [1.29, 1.82) is 0 Å². The second kappa shape index (κ2) is 7.97. The average Bonchev–Trinajstić information content (AvgIpc) is 2.97. The van der Waals surface area contributed by atoms with Gasteiger partial charge in [-0.3, -0.25) is 9.48 Å². The number of hydrogen-bond acceptors (Lipinski definition) is 4. The molecule has 1 aromatic carbocycles. The summed E-state index contributed by atoms with van der Waals surface area (Å²) in [5.74, 6) is 1.71. The van der Waals surface area contributed by atoms with Gasteiger partial charge in [-0.15, -0.1) is 0 Å². The van der Waals surface area contributed by atoms with E-state index in [0.29, 0.717) is 31.4 Å². The highest BCUT2D eigenvalue weighted by molar-refractivity contribution is 5.90. The van der Waals surface area contributed by atoms with Crippen LogP contribution in [0.1, 0.15) is 30.9 Å². The normalized spacial score (nSPS) is 17.5. The molecule has 1 atom stereocenters. The van der Waals surface area contributed by atoms with Crippen LogP contribution < -0.4 is 10.1 Å². The van der Waals surface area contributed by atoms with Crippen LogP contribution in [0.3, 0.4) is 0 Å². The molecule has 0 aliphatic carbocycles. The lowest BCUT2D eigenvalue weighted by atomic mass is 9.99. The number of rotatable bonds is 6. The Morgan fingerprint density at radius 3 is 3.00 bits per heavy atom. The minimum atomic E-state index is -0.0830. The Bertz CT molecular complexity index is 663. The molecule has 1 fully saturated rings. The topological polar surface area (TPSA) is 65.4 Å². The van der Waals surface area contributed by atoms with E-state index in [1.807, 2.05) is 43.4 Å². The number of hydrogen-bond donors (Lipinski definition) is 1. The molecule has 1 saturated heterocycles. The Hall–Kier alpha value is -2.34. The van der Waals surface area contributed by atoms with Crippen molar-refractivity contribution in [3.63, 3.8) is 0 Å². The molecule has 1 N–H and O–H groups in total. The van der Waals surface area contributed by atoms with E-state index >= 15 is 0 Å². The van der Waals surface area contributed by atoms with E-state index in [2.05, 4.69) is 10.4 Å². The molecule has 1 aromatic heterocycles. The maximum Gasteiger partial charge on any atom is 0.228 e. The number of amides is 1. The Kier molecular flexibility index (Phi) is 5.48. The van der Waals surface area contributed by atoms with Gasteiger partial charge in [-0.1, -0.05) is 18.2 Å². The fraction of sp³-hybridized carbons (Fsp3) is 0.444. The van der Waals surface area contributed by atoms with Gasteiger partial charge >= 0.3 is 0 Å². The highest BCUT2D eigenvalue weighted by Crippen LogP contribution is 2.26. The molecule has 0 radical (unpaired) electrons. The van der Waals surface area contributed by atoms with E-state index < -0.39 is 0 Å². The van der Waals surface area contributed by atoms with Gasteiger partial charge in [0.15, 0.2) is 0 Å². The van der Waals surface area contributed by atoms with Gasteiger partial charge in [0.1, 0.15) is 11.6 Å². The zero-order valence-electron chi connectivity index (χ0n) is 13.9. The second-order valence-corrected chi connectivity index (χ2v) is 5.95. The van der Waals surface area contributed by atoms with Crippen LogP contribution in [-0.2, 0) is 16.6 Å². The number of carbonyl (C=O) groups is 1. The van der Waals surface area contributed by atoms with Crippen molar-refractivity contribution < 1.29 is 14.3 Å². The van der Waals surface area contributed by atoms with E-state index in [9.17, 15) is 4.79 Å². The standard InChI is InChI=1S/C18H23N3O3/c1-21-17(12-16(20-21)14-6-5-10-23-13-14)19-18(22)9-11-24-15-7-3-2-4-8-15/h2-4,7-8,12,14H,5-6,9-11,13H2,1H3,(H,19,22). The maximum atomic E-state index is 12.1. The monoisotopic (exact) mass is 329 g/mol. The zero-order chi connectivity index (χ0) is 16.8. The Morgan fingerprint density at radius 2 is 2.25 bits per heavy atom. The lowest BCUT2D eigenvalue weighted by molar-refractivity contribution is -0.116. The van der Waals surface area contributed by atoms with Crippen molar-refractivity contribution in [2.45, 2.75) is 25.2 Å². The highest BCUT2D eigenvalue weighted by atomic mass is 16.5. The van der Waals surface area contributed by atoms with Crippen molar-refractivity contribution in [2.75, 3.05) is 25.1 Å². The second-order valence-electron chi connectivity index (χ2n) is 5.95. The minimum absolute atomic E-state index is 0.0830. The lowest BCUT2D eigenvalue weighted by Crippen LogP contribution is -2.17. The summed E-state index contributed by atoms with van der Waals surface area (Å²) in [4.78, 5) is 12.1. The number of benzene rings is 1. The molecule has 1 aliphatic heterocycles. The predicted molar refractivity (Wildman–Crippen MR) is 91.2 cm³/mol. The molecule has 1 amide bonds. The van der Waals surface area contributed by atoms with E-state index in [-0.39, 0.29) is 5.91 Å². The van der Waals surface area contributed by atoms with E-state index in [1.165, 1.54) is 0 Å². The summed E-state index contributed by atoms with van der Waals surface area (Å²) in [6, 6.07) is 11.4. The van der Waals surface area contributed by atoms with Crippen LogP contribution in [0.2, 0.25) is 0 Å². The molecule has 6 heteroatoms. The summed E-state index contributed by atoms with van der Waals surface area (Å²) in [6.45, 7) is 1.88. The molecule has 6 nitrogen and oxygen atoms in total. The first-order chi connectivity index (χ1) is 11.7. The Balaban J connectivity index is 1.49. The zero-order valence-corrected chi connectivity index (χ0v) is 13.9. The van der Waals surface area contributed by atoms with Gasteiger partial charge in [-0.25, -0.2) is 0 Å². The Morgan fingerprint density at radius 1 is 1.42 bits per heavy atom. The van der Waals surface area contributed by atoms with Gasteiger partial charge in [0.05, 0.1) is 25.3 Å². The molecule has 2 heterocycles. The summed E-state index contributed by atoms with van der Waals surface area (Å²) in [6.07, 6.45) is 2.43. The molecular weight excluding hydrogens is 306 g/mol. The third kappa shape index (κ3) is 4.35. The van der Waals surface area contributed by atoms with Gasteiger partial charge in [0, 0.05) is 25.6 Å². The molecule has 0 spiro atoms.